The number of hydrogen-bond donors (Lipinski definition) is 2. The van der Waals surface area contributed by atoms with Gasteiger partial charge in [0.1, 0.15) is 11.0 Å². The van der Waals surface area contributed by atoms with Gasteiger partial charge in [-0.15, -0.1) is 5.10 Å². The zero-order valence-electron chi connectivity index (χ0n) is 17.5. The van der Waals surface area contributed by atoms with Gasteiger partial charge in [-0.1, -0.05) is 5.21 Å². The largest absolute Gasteiger partial charge is 0.397 e. The first kappa shape index (κ1) is 19.4. The summed E-state index contributed by atoms with van der Waals surface area (Å²) in [5.74, 6) is -1.10. The second-order valence-corrected chi connectivity index (χ2v) is 8.27. The van der Waals surface area contributed by atoms with Gasteiger partial charge in [0.25, 0.3) is 5.91 Å². The number of imidazole rings is 1. The standard InChI is InChI=1S/C21H23FN8O/c1-11-7-28(8-12(2)24-11)15-5-17(23)19-18(6-15)26-27-30(19)21(31)14-4-16(22)20-25-13(3)9-29(20)10-14/h4-6,9-12,24H,7-8,23H2,1-3H3/t11-,12-/m0/s1. The van der Waals surface area contributed by atoms with E-state index in [0.717, 1.165) is 29.5 Å². The topological polar surface area (TPSA) is 106 Å². The molecule has 1 fully saturated rings. The molecule has 1 aliphatic rings. The monoisotopic (exact) mass is 422 g/mol. The van der Waals surface area contributed by atoms with Gasteiger partial charge < -0.3 is 20.4 Å². The molecule has 1 aliphatic heterocycles. The van der Waals surface area contributed by atoms with Crippen LogP contribution in [0.4, 0.5) is 15.8 Å². The van der Waals surface area contributed by atoms with Crippen molar-refractivity contribution < 1.29 is 9.18 Å². The van der Waals surface area contributed by atoms with Crippen LogP contribution in [0, 0.1) is 12.7 Å². The normalized spacial score (nSPS) is 19.4. The lowest BCUT2D eigenvalue weighted by atomic mass is 10.1. The van der Waals surface area contributed by atoms with Gasteiger partial charge in [0, 0.05) is 43.3 Å². The molecule has 3 aromatic heterocycles. The van der Waals surface area contributed by atoms with Crippen molar-refractivity contribution in [3.8, 4) is 0 Å². The number of pyridine rings is 1. The van der Waals surface area contributed by atoms with Crippen LogP contribution in [0.2, 0.25) is 0 Å². The molecule has 0 aliphatic carbocycles. The maximum absolute atomic E-state index is 14.5. The number of rotatable bonds is 2. The quantitative estimate of drug-likeness (QED) is 0.476. The van der Waals surface area contributed by atoms with Crippen LogP contribution in [0.1, 0.15) is 29.9 Å². The summed E-state index contributed by atoms with van der Waals surface area (Å²) >= 11 is 0. The predicted octanol–water partition coefficient (Wildman–Crippen LogP) is 1.98. The van der Waals surface area contributed by atoms with Crippen molar-refractivity contribution in [3.05, 3.63) is 47.7 Å². The fourth-order valence-corrected chi connectivity index (χ4v) is 4.35. The molecule has 1 aromatic carbocycles. The molecule has 9 nitrogen and oxygen atoms in total. The van der Waals surface area contributed by atoms with E-state index in [4.69, 9.17) is 5.73 Å². The number of nitrogen functional groups attached to an aromatic ring is 1. The fourth-order valence-electron chi connectivity index (χ4n) is 4.35. The molecule has 31 heavy (non-hydrogen) atoms. The Kier molecular flexibility index (Phi) is 4.40. The molecule has 4 aromatic rings. The minimum Gasteiger partial charge on any atom is -0.397 e. The summed E-state index contributed by atoms with van der Waals surface area (Å²) in [5.41, 5.74) is 9.54. The molecule has 10 heteroatoms. The molecule has 160 valence electrons. The molecule has 2 atom stereocenters. The second-order valence-electron chi connectivity index (χ2n) is 8.27. The Morgan fingerprint density at radius 3 is 2.68 bits per heavy atom. The molecule has 1 saturated heterocycles. The number of anilines is 2. The molecule has 3 N–H and O–H groups in total. The smallest absolute Gasteiger partial charge is 0.281 e. The summed E-state index contributed by atoms with van der Waals surface area (Å²) in [7, 11) is 0. The summed E-state index contributed by atoms with van der Waals surface area (Å²) in [6.07, 6.45) is 3.19. The summed E-state index contributed by atoms with van der Waals surface area (Å²) < 4.78 is 17.1. The van der Waals surface area contributed by atoms with Crippen molar-refractivity contribution in [2.24, 2.45) is 0 Å². The van der Waals surface area contributed by atoms with Gasteiger partial charge in [0.2, 0.25) is 0 Å². The van der Waals surface area contributed by atoms with Crippen molar-refractivity contribution in [3.63, 3.8) is 0 Å². The van der Waals surface area contributed by atoms with Gasteiger partial charge in [0.15, 0.2) is 11.5 Å². The summed E-state index contributed by atoms with van der Waals surface area (Å²) in [6.45, 7) is 7.71. The van der Waals surface area contributed by atoms with E-state index in [1.54, 1.807) is 13.1 Å². The van der Waals surface area contributed by atoms with Gasteiger partial charge >= 0.3 is 0 Å². The number of fused-ring (bicyclic) bond motifs is 2. The van der Waals surface area contributed by atoms with E-state index in [0.29, 0.717) is 34.5 Å². The molecule has 5 rings (SSSR count). The van der Waals surface area contributed by atoms with Crippen LogP contribution in [-0.4, -0.2) is 55.5 Å². The van der Waals surface area contributed by atoms with Crippen molar-refractivity contribution in [1.82, 2.24) is 29.7 Å². The SMILES string of the molecule is Cc1cn2cc(C(=O)n3nnc4cc(N5C[C@H](C)N[C@@H](C)C5)cc(N)c43)cc(F)c2n1. The highest BCUT2D eigenvalue weighted by atomic mass is 19.1. The number of piperazine rings is 1. The summed E-state index contributed by atoms with van der Waals surface area (Å²) in [5, 5.41) is 11.7. The van der Waals surface area contributed by atoms with Gasteiger partial charge in [-0.2, -0.15) is 4.68 Å². The zero-order chi connectivity index (χ0) is 21.9. The van der Waals surface area contributed by atoms with E-state index < -0.39 is 11.7 Å². The van der Waals surface area contributed by atoms with Gasteiger partial charge in [-0.3, -0.25) is 4.79 Å². The number of nitrogens with two attached hydrogens (primary N) is 1. The van der Waals surface area contributed by atoms with Crippen LogP contribution in [-0.2, 0) is 0 Å². The maximum atomic E-state index is 14.5. The molecule has 0 radical (unpaired) electrons. The highest BCUT2D eigenvalue weighted by Gasteiger charge is 2.24. The molecular formula is C21H23FN8O. The Hall–Kier alpha value is -3.53. The Morgan fingerprint density at radius 2 is 1.94 bits per heavy atom. The lowest BCUT2D eigenvalue weighted by molar-refractivity contribution is 0.0947. The number of nitrogens with one attached hydrogen (secondary N) is 1. The number of carbonyl (C=O) groups is 1. The average Bonchev–Trinajstić information content (AvgIpc) is 3.30. The van der Waals surface area contributed by atoms with Crippen LogP contribution < -0.4 is 16.0 Å². The fraction of sp³-hybridized carbons (Fsp3) is 0.333. The summed E-state index contributed by atoms with van der Waals surface area (Å²) in [4.78, 5) is 19.5. The lowest BCUT2D eigenvalue weighted by Gasteiger charge is -2.37. The molecule has 4 heterocycles. The molecular weight excluding hydrogens is 399 g/mol. The third kappa shape index (κ3) is 3.28. The van der Waals surface area contributed by atoms with Crippen molar-refractivity contribution in [2.45, 2.75) is 32.9 Å². The first-order valence-corrected chi connectivity index (χ1v) is 10.2. The van der Waals surface area contributed by atoms with E-state index in [1.165, 1.54) is 10.6 Å². The van der Waals surface area contributed by atoms with E-state index >= 15 is 0 Å². The Bertz CT molecular complexity index is 1320. The molecule has 0 saturated carbocycles. The van der Waals surface area contributed by atoms with Crippen LogP contribution in [0.15, 0.2) is 30.6 Å². The molecule has 0 amide bonds. The Morgan fingerprint density at radius 1 is 1.19 bits per heavy atom. The van der Waals surface area contributed by atoms with Gasteiger partial charge in [0.05, 0.1) is 16.9 Å². The zero-order valence-corrected chi connectivity index (χ0v) is 17.5. The first-order valence-electron chi connectivity index (χ1n) is 10.2. The van der Waals surface area contributed by atoms with Crippen LogP contribution >= 0.6 is 0 Å². The van der Waals surface area contributed by atoms with E-state index in [9.17, 15) is 9.18 Å². The lowest BCUT2D eigenvalue weighted by Crippen LogP contribution is -2.54. The average molecular weight is 422 g/mol. The molecule has 0 unspecified atom stereocenters. The Labute approximate surface area is 177 Å². The van der Waals surface area contributed by atoms with E-state index in [1.807, 2.05) is 12.1 Å². The Balaban J connectivity index is 1.55. The van der Waals surface area contributed by atoms with Crippen molar-refractivity contribution >= 4 is 34.0 Å². The molecule has 0 spiro atoms. The van der Waals surface area contributed by atoms with Crippen molar-refractivity contribution in [2.75, 3.05) is 23.7 Å². The highest BCUT2D eigenvalue weighted by Crippen LogP contribution is 2.28. The number of aromatic nitrogens is 5. The van der Waals surface area contributed by atoms with Crippen LogP contribution in [0.3, 0.4) is 0 Å². The van der Waals surface area contributed by atoms with Crippen LogP contribution in [0.25, 0.3) is 16.7 Å². The number of aryl methyl sites for hydroxylation is 1. The second kappa shape index (κ2) is 7.02. The molecule has 0 bridgehead atoms. The minimum absolute atomic E-state index is 0.127. The first-order chi connectivity index (χ1) is 14.8. The number of benzene rings is 1. The van der Waals surface area contributed by atoms with Gasteiger partial charge in [-0.05, 0) is 39.0 Å². The van der Waals surface area contributed by atoms with Crippen LogP contribution in [0.5, 0.6) is 0 Å². The highest BCUT2D eigenvalue weighted by molar-refractivity contribution is 6.03. The predicted molar refractivity (Wildman–Crippen MR) is 116 cm³/mol. The third-order valence-corrected chi connectivity index (χ3v) is 5.55. The number of halogens is 1. The summed E-state index contributed by atoms with van der Waals surface area (Å²) in [6, 6.07) is 5.56. The third-order valence-electron chi connectivity index (χ3n) is 5.55. The van der Waals surface area contributed by atoms with Crippen molar-refractivity contribution in [1.29, 1.82) is 0 Å². The van der Waals surface area contributed by atoms with E-state index in [-0.39, 0.29) is 11.2 Å². The maximum Gasteiger partial charge on any atom is 0.281 e. The number of nitrogens with zero attached hydrogens (tertiary/aromatic N) is 6. The number of carbonyl (C=O) groups excluding carboxylic acids is 1. The van der Waals surface area contributed by atoms with E-state index in [2.05, 4.69) is 39.4 Å². The minimum atomic E-state index is -0.583. The van der Waals surface area contributed by atoms with Gasteiger partial charge in [-0.25, -0.2) is 9.37 Å². The number of hydrogen-bond acceptors (Lipinski definition) is 7.